The number of anilines is 1. The lowest BCUT2D eigenvalue weighted by Gasteiger charge is -2.07. The van der Waals surface area contributed by atoms with Crippen LogP contribution in [0.15, 0.2) is 64.6 Å². The molecule has 2 aromatic carbocycles. The van der Waals surface area contributed by atoms with Crippen LogP contribution in [0.25, 0.3) is 0 Å². The molecule has 0 spiro atoms. The van der Waals surface area contributed by atoms with Gasteiger partial charge in [0.05, 0.1) is 4.90 Å². The highest BCUT2D eigenvalue weighted by Crippen LogP contribution is 2.27. The molecule has 1 N–H and O–H groups in total. The van der Waals surface area contributed by atoms with Gasteiger partial charge >= 0.3 is 0 Å². The quantitative estimate of drug-likeness (QED) is 0.924. The Labute approximate surface area is 140 Å². The Morgan fingerprint density at radius 2 is 1.79 bits per heavy atom. The summed E-state index contributed by atoms with van der Waals surface area (Å²) < 4.78 is 22.8. The number of oxime groups is 1. The van der Waals surface area contributed by atoms with Crippen molar-refractivity contribution in [1.29, 1.82) is 0 Å². The molecule has 0 unspecified atom stereocenters. The summed E-state index contributed by atoms with van der Waals surface area (Å²) in [6.45, 7) is 0. The molecule has 2 aromatic rings. The summed E-state index contributed by atoms with van der Waals surface area (Å²) in [6, 6.07) is 15.5. The summed E-state index contributed by atoms with van der Waals surface area (Å²) in [4.78, 5) is 17.8. The number of amides is 1. The summed E-state index contributed by atoms with van der Waals surface area (Å²) in [5, 5.41) is 6.55. The van der Waals surface area contributed by atoms with Gasteiger partial charge in [0.2, 0.25) is 0 Å². The van der Waals surface area contributed by atoms with Gasteiger partial charge in [-0.05, 0) is 29.8 Å². The van der Waals surface area contributed by atoms with E-state index in [0.29, 0.717) is 17.8 Å². The maximum atomic E-state index is 12.2. The van der Waals surface area contributed by atoms with Gasteiger partial charge in [-0.1, -0.05) is 35.5 Å². The van der Waals surface area contributed by atoms with Crippen LogP contribution in [-0.4, -0.2) is 26.3 Å². The van der Waals surface area contributed by atoms with E-state index in [1.807, 2.05) is 30.3 Å². The molecule has 0 saturated carbocycles. The van der Waals surface area contributed by atoms with E-state index in [1.165, 1.54) is 12.1 Å². The predicted molar refractivity (Wildman–Crippen MR) is 90.5 cm³/mol. The van der Waals surface area contributed by atoms with E-state index < -0.39 is 9.84 Å². The minimum Gasteiger partial charge on any atom is -0.387 e. The van der Waals surface area contributed by atoms with E-state index >= 15 is 0 Å². The molecule has 24 heavy (non-hydrogen) atoms. The molecule has 0 fully saturated rings. The fraction of sp³-hybridized carbons (Fsp3) is 0.176. The number of hydrogen-bond donors (Lipinski definition) is 1. The van der Waals surface area contributed by atoms with Crippen molar-refractivity contribution in [3.63, 3.8) is 0 Å². The number of hydrogen-bond acceptors (Lipinski definition) is 5. The average Bonchev–Trinajstić information content (AvgIpc) is 3.05. The molecule has 1 aliphatic heterocycles. The van der Waals surface area contributed by atoms with Gasteiger partial charge in [0.25, 0.3) is 5.91 Å². The van der Waals surface area contributed by atoms with Gasteiger partial charge in [-0.3, -0.25) is 4.79 Å². The minimum atomic E-state index is -3.26. The number of carbonyl (C=O) groups excluding carboxylic acids is 1. The van der Waals surface area contributed by atoms with E-state index in [-0.39, 0.29) is 16.9 Å². The molecule has 1 amide bonds. The first-order valence-corrected chi connectivity index (χ1v) is 9.22. The highest BCUT2D eigenvalue weighted by Gasteiger charge is 2.27. The Bertz CT molecular complexity index is 875. The normalized spacial score (nSPS) is 17.0. The monoisotopic (exact) mass is 344 g/mol. The summed E-state index contributed by atoms with van der Waals surface area (Å²) >= 11 is 0. The molecule has 1 aliphatic rings. The van der Waals surface area contributed by atoms with Crippen LogP contribution < -0.4 is 5.32 Å². The first-order chi connectivity index (χ1) is 11.4. The fourth-order valence-corrected chi connectivity index (χ4v) is 2.98. The topological polar surface area (TPSA) is 84.8 Å². The van der Waals surface area contributed by atoms with Gasteiger partial charge in [0.15, 0.2) is 15.9 Å². The third-order valence-corrected chi connectivity index (χ3v) is 4.77. The highest BCUT2D eigenvalue weighted by molar-refractivity contribution is 7.90. The highest BCUT2D eigenvalue weighted by atomic mass is 32.2. The molecule has 3 rings (SSSR count). The summed E-state index contributed by atoms with van der Waals surface area (Å²) in [5.74, 6) is -0.361. The first-order valence-electron chi connectivity index (χ1n) is 7.32. The Morgan fingerprint density at radius 1 is 1.12 bits per heavy atom. The van der Waals surface area contributed by atoms with Crippen molar-refractivity contribution in [2.45, 2.75) is 17.4 Å². The number of nitrogens with zero attached hydrogens (tertiary/aromatic N) is 1. The molecule has 0 bridgehead atoms. The lowest BCUT2D eigenvalue weighted by atomic mass is 10.0. The van der Waals surface area contributed by atoms with Crippen LogP contribution in [0, 0.1) is 0 Å². The Balaban J connectivity index is 1.64. The molecule has 0 aliphatic carbocycles. The van der Waals surface area contributed by atoms with Gasteiger partial charge in [0.1, 0.15) is 5.71 Å². The van der Waals surface area contributed by atoms with E-state index in [1.54, 1.807) is 12.1 Å². The largest absolute Gasteiger partial charge is 0.387 e. The molecule has 124 valence electrons. The van der Waals surface area contributed by atoms with Gasteiger partial charge < -0.3 is 10.2 Å². The second-order valence-electron chi connectivity index (χ2n) is 5.50. The molecule has 0 aromatic heterocycles. The average molecular weight is 344 g/mol. The van der Waals surface area contributed by atoms with Crippen LogP contribution in [0.1, 0.15) is 18.1 Å². The van der Waals surface area contributed by atoms with Crippen molar-refractivity contribution in [2.75, 3.05) is 11.6 Å². The molecular weight excluding hydrogens is 328 g/mol. The molecule has 1 heterocycles. The fourth-order valence-electron chi connectivity index (χ4n) is 2.35. The van der Waals surface area contributed by atoms with Gasteiger partial charge in [-0.25, -0.2) is 8.42 Å². The molecule has 6 nitrogen and oxygen atoms in total. The molecule has 1 atom stereocenters. The zero-order chi connectivity index (χ0) is 17.2. The SMILES string of the molecule is CS(=O)(=O)c1ccc(NC(=O)C2=NO[C@H](c3ccccc3)C2)cc1. The lowest BCUT2D eigenvalue weighted by Crippen LogP contribution is -2.21. The minimum absolute atomic E-state index is 0.200. The standard InChI is InChI=1S/C17H16N2O4S/c1-24(21,22)14-9-7-13(8-10-14)18-17(20)15-11-16(23-19-15)12-5-3-2-4-6-12/h2-10,16H,11H2,1H3,(H,18,20)/t16-/m0/s1. The zero-order valence-electron chi connectivity index (χ0n) is 13.0. The molecule has 7 heteroatoms. The van der Waals surface area contributed by atoms with E-state index in [2.05, 4.69) is 10.5 Å². The number of sulfone groups is 1. The van der Waals surface area contributed by atoms with Crippen molar-refractivity contribution in [1.82, 2.24) is 0 Å². The molecule has 0 saturated heterocycles. The Morgan fingerprint density at radius 3 is 2.42 bits per heavy atom. The van der Waals surface area contributed by atoms with Crippen LogP contribution in [0.5, 0.6) is 0 Å². The second kappa shape index (κ2) is 6.45. The van der Waals surface area contributed by atoms with Crippen LogP contribution >= 0.6 is 0 Å². The molecular formula is C17H16N2O4S. The first kappa shape index (κ1) is 16.2. The third-order valence-electron chi connectivity index (χ3n) is 3.64. The maximum Gasteiger partial charge on any atom is 0.273 e. The van der Waals surface area contributed by atoms with Gasteiger partial charge in [-0.15, -0.1) is 0 Å². The van der Waals surface area contributed by atoms with E-state index in [0.717, 1.165) is 11.8 Å². The summed E-state index contributed by atoms with van der Waals surface area (Å²) in [7, 11) is -3.26. The predicted octanol–water partition coefficient (Wildman–Crippen LogP) is 2.55. The molecule has 0 radical (unpaired) electrons. The number of nitrogens with one attached hydrogen (secondary N) is 1. The van der Waals surface area contributed by atoms with Crippen LogP contribution in [0.2, 0.25) is 0 Å². The third kappa shape index (κ3) is 3.62. The number of benzene rings is 2. The Hall–Kier alpha value is -2.67. The smallest absolute Gasteiger partial charge is 0.273 e. The van der Waals surface area contributed by atoms with E-state index in [9.17, 15) is 13.2 Å². The van der Waals surface area contributed by atoms with Crippen molar-refractivity contribution in [3.05, 3.63) is 60.2 Å². The van der Waals surface area contributed by atoms with Crippen LogP contribution in [0.3, 0.4) is 0 Å². The van der Waals surface area contributed by atoms with E-state index in [4.69, 9.17) is 4.84 Å². The summed E-state index contributed by atoms with van der Waals surface area (Å²) in [6.07, 6.45) is 1.26. The summed E-state index contributed by atoms with van der Waals surface area (Å²) in [5.41, 5.74) is 1.76. The van der Waals surface area contributed by atoms with Crippen molar-refractivity contribution < 1.29 is 18.0 Å². The second-order valence-corrected chi connectivity index (χ2v) is 7.51. The zero-order valence-corrected chi connectivity index (χ0v) is 13.8. The maximum absolute atomic E-state index is 12.2. The van der Waals surface area contributed by atoms with Crippen molar-refractivity contribution in [3.8, 4) is 0 Å². The Kier molecular flexibility index (Phi) is 4.35. The van der Waals surface area contributed by atoms with Crippen molar-refractivity contribution >= 4 is 27.1 Å². The lowest BCUT2D eigenvalue weighted by molar-refractivity contribution is -0.110. The van der Waals surface area contributed by atoms with Crippen molar-refractivity contribution in [2.24, 2.45) is 5.16 Å². The van der Waals surface area contributed by atoms with Gasteiger partial charge in [0, 0.05) is 18.4 Å². The number of carbonyl (C=O) groups is 1. The number of rotatable bonds is 4. The van der Waals surface area contributed by atoms with Gasteiger partial charge in [-0.2, -0.15) is 0 Å². The van der Waals surface area contributed by atoms with Crippen LogP contribution in [0.4, 0.5) is 5.69 Å². The van der Waals surface area contributed by atoms with Crippen LogP contribution in [-0.2, 0) is 19.5 Å².